The second-order valence-electron chi connectivity index (χ2n) is 3.04. The number of sulfonamides is 1. The van der Waals surface area contributed by atoms with E-state index in [1.54, 1.807) is 0 Å². The van der Waals surface area contributed by atoms with Crippen molar-refractivity contribution in [3.05, 3.63) is 22.8 Å². The highest BCUT2D eigenvalue weighted by Crippen LogP contribution is 2.18. The van der Waals surface area contributed by atoms with Gasteiger partial charge in [-0.05, 0) is 17.7 Å². The first-order valence-corrected chi connectivity index (χ1v) is 6.28. The molecule has 0 aromatic carbocycles. The predicted molar refractivity (Wildman–Crippen MR) is 58.4 cm³/mol. The normalized spacial score (nSPS) is 11.5. The minimum Gasteiger partial charge on any atom is -0.392 e. The highest BCUT2D eigenvalue weighted by Gasteiger charge is 2.14. The van der Waals surface area contributed by atoms with E-state index in [0.717, 1.165) is 10.6 Å². The van der Waals surface area contributed by atoms with Crippen molar-refractivity contribution in [3.63, 3.8) is 0 Å². The zero-order valence-electron chi connectivity index (χ0n) is 8.31. The van der Waals surface area contributed by atoms with Crippen molar-refractivity contribution >= 4 is 27.4 Å². The summed E-state index contributed by atoms with van der Waals surface area (Å²) < 4.78 is 23.4. The number of halogens is 1. The minimum absolute atomic E-state index is 0.145. The van der Waals surface area contributed by atoms with Crippen LogP contribution in [0.1, 0.15) is 5.56 Å². The molecule has 0 saturated carbocycles. The lowest BCUT2D eigenvalue weighted by molar-refractivity contribution is 0.282. The third-order valence-corrected chi connectivity index (χ3v) is 3.22. The minimum atomic E-state index is -3.37. The smallest absolute Gasteiger partial charge is 0.233 e. The molecule has 0 aliphatic carbocycles. The number of aromatic nitrogens is 1. The number of hydrogen-bond acceptors (Lipinski definition) is 4. The van der Waals surface area contributed by atoms with Crippen molar-refractivity contribution in [2.24, 2.45) is 0 Å². The van der Waals surface area contributed by atoms with E-state index >= 15 is 0 Å². The molecule has 0 aliphatic heterocycles. The Kier molecular flexibility index (Phi) is 3.54. The Morgan fingerprint density at radius 1 is 1.53 bits per heavy atom. The molecular formula is C8H11ClN2O3S. The maximum absolute atomic E-state index is 11.2. The Balaban J connectivity index is 3.20. The molecule has 0 saturated heterocycles. The maximum Gasteiger partial charge on any atom is 0.233 e. The van der Waals surface area contributed by atoms with Crippen molar-refractivity contribution < 1.29 is 13.5 Å². The summed E-state index contributed by atoms with van der Waals surface area (Å²) in [6, 6.07) is 2.94. The zero-order valence-corrected chi connectivity index (χ0v) is 9.88. The van der Waals surface area contributed by atoms with E-state index in [-0.39, 0.29) is 17.6 Å². The molecule has 0 unspecified atom stereocenters. The number of nitrogens with zero attached hydrogens (tertiary/aromatic N) is 2. The molecule has 7 heteroatoms. The lowest BCUT2D eigenvalue weighted by Gasteiger charge is -2.16. The molecule has 84 valence electrons. The summed E-state index contributed by atoms with van der Waals surface area (Å²) in [6.07, 6.45) is 1.06. The van der Waals surface area contributed by atoms with E-state index in [1.165, 1.54) is 19.2 Å². The molecule has 0 spiro atoms. The average Bonchev–Trinajstić information content (AvgIpc) is 2.14. The van der Waals surface area contributed by atoms with Gasteiger partial charge in [-0.25, -0.2) is 13.4 Å². The Labute approximate surface area is 93.4 Å². The zero-order chi connectivity index (χ0) is 11.6. The van der Waals surface area contributed by atoms with Crippen molar-refractivity contribution in [3.8, 4) is 0 Å². The van der Waals surface area contributed by atoms with Crippen molar-refractivity contribution in [2.45, 2.75) is 6.61 Å². The molecule has 1 heterocycles. The summed E-state index contributed by atoms with van der Waals surface area (Å²) in [5.74, 6) is 0.189. The largest absolute Gasteiger partial charge is 0.392 e. The quantitative estimate of drug-likeness (QED) is 0.799. The highest BCUT2D eigenvalue weighted by molar-refractivity contribution is 7.92. The van der Waals surface area contributed by atoms with Crippen molar-refractivity contribution in [1.29, 1.82) is 0 Å². The van der Waals surface area contributed by atoms with Crippen LogP contribution < -0.4 is 4.31 Å². The van der Waals surface area contributed by atoms with E-state index in [4.69, 9.17) is 16.7 Å². The van der Waals surface area contributed by atoms with Crippen LogP contribution in [-0.4, -0.2) is 31.8 Å². The van der Waals surface area contributed by atoms with Crippen LogP contribution in [0.3, 0.4) is 0 Å². The molecule has 15 heavy (non-hydrogen) atoms. The number of aliphatic hydroxyl groups is 1. The van der Waals surface area contributed by atoms with Crippen molar-refractivity contribution in [1.82, 2.24) is 4.98 Å². The van der Waals surface area contributed by atoms with E-state index in [9.17, 15) is 8.42 Å². The molecule has 0 bridgehead atoms. The van der Waals surface area contributed by atoms with E-state index in [1.807, 2.05) is 0 Å². The third kappa shape index (κ3) is 3.05. The molecule has 0 amide bonds. The first-order chi connectivity index (χ1) is 6.84. The van der Waals surface area contributed by atoms with Gasteiger partial charge in [0.2, 0.25) is 10.0 Å². The van der Waals surface area contributed by atoms with Gasteiger partial charge >= 0.3 is 0 Å². The first-order valence-electron chi connectivity index (χ1n) is 4.06. The monoisotopic (exact) mass is 250 g/mol. The third-order valence-electron chi connectivity index (χ3n) is 1.84. The lowest BCUT2D eigenvalue weighted by Crippen LogP contribution is -2.25. The number of pyridine rings is 1. The summed E-state index contributed by atoms with van der Waals surface area (Å²) in [5.41, 5.74) is 0.514. The van der Waals surface area contributed by atoms with Gasteiger partial charge in [-0.2, -0.15) is 0 Å². The molecule has 0 aliphatic rings. The molecule has 1 aromatic heterocycles. The maximum atomic E-state index is 11.2. The first kappa shape index (κ1) is 12.2. The standard InChI is InChI=1S/C8H11ClN2O3S/c1-11(15(2,13)14)8-4-6(5-12)3-7(9)10-8/h3-4,12H,5H2,1-2H3. The second-order valence-corrected chi connectivity index (χ2v) is 5.45. The number of hydrogen-bond donors (Lipinski definition) is 1. The Morgan fingerprint density at radius 2 is 2.13 bits per heavy atom. The van der Waals surface area contributed by atoms with Gasteiger partial charge in [-0.15, -0.1) is 0 Å². The Bertz CT molecular complexity index is 461. The van der Waals surface area contributed by atoms with E-state index < -0.39 is 10.0 Å². The van der Waals surface area contributed by atoms with Gasteiger partial charge in [0, 0.05) is 7.05 Å². The number of anilines is 1. The topological polar surface area (TPSA) is 70.5 Å². The molecule has 1 aromatic rings. The van der Waals surface area contributed by atoms with Gasteiger partial charge in [0.05, 0.1) is 12.9 Å². The fourth-order valence-electron chi connectivity index (χ4n) is 0.957. The van der Waals surface area contributed by atoms with E-state index in [2.05, 4.69) is 4.98 Å². The summed E-state index contributed by atoms with van der Waals surface area (Å²) in [6.45, 7) is -0.215. The highest BCUT2D eigenvalue weighted by atomic mass is 35.5. The summed E-state index contributed by atoms with van der Waals surface area (Å²) >= 11 is 5.68. The Morgan fingerprint density at radius 3 is 2.60 bits per heavy atom. The van der Waals surface area contributed by atoms with Crippen LogP contribution in [0, 0.1) is 0 Å². The average molecular weight is 251 g/mol. The molecule has 0 radical (unpaired) electrons. The fourth-order valence-corrected chi connectivity index (χ4v) is 1.62. The number of rotatable bonds is 3. The number of aliphatic hydroxyl groups excluding tert-OH is 1. The molecular weight excluding hydrogens is 240 g/mol. The predicted octanol–water partition coefficient (Wildman–Crippen LogP) is 0.623. The summed E-state index contributed by atoms with van der Waals surface area (Å²) in [4.78, 5) is 3.85. The van der Waals surface area contributed by atoms with Gasteiger partial charge in [-0.3, -0.25) is 4.31 Å². The van der Waals surface area contributed by atoms with Crippen LogP contribution in [0.4, 0.5) is 5.82 Å². The lowest BCUT2D eigenvalue weighted by atomic mass is 10.3. The molecule has 1 N–H and O–H groups in total. The van der Waals surface area contributed by atoms with Gasteiger partial charge in [0.1, 0.15) is 11.0 Å². The molecule has 5 nitrogen and oxygen atoms in total. The van der Waals surface area contributed by atoms with Crippen LogP contribution >= 0.6 is 11.6 Å². The molecule has 0 atom stereocenters. The Hall–Kier alpha value is -0.850. The van der Waals surface area contributed by atoms with Crippen molar-refractivity contribution in [2.75, 3.05) is 17.6 Å². The SMILES string of the molecule is CN(c1cc(CO)cc(Cl)n1)S(C)(=O)=O. The van der Waals surface area contributed by atoms with Crippen LogP contribution in [0.15, 0.2) is 12.1 Å². The summed E-state index contributed by atoms with van der Waals surface area (Å²) in [5, 5.41) is 9.06. The van der Waals surface area contributed by atoms with Gasteiger partial charge in [0.25, 0.3) is 0 Å². The fraction of sp³-hybridized carbons (Fsp3) is 0.375. The van der Waals surface area contributed by atoms with Crippen LogP contribution in [0.25, 0.3) is 0 Å². The van der Waals surface area contributed by atoms with Gasteiger partial charge in [-0.1, -0.05) is 11.6 Å². The summed E-state index contributed by atoms with van der Waals surface area (Å²) in [7, 11) is -2.00. The van der Waals surface area contributed by atoms with Gasteiger partial charge < -0.3 is 5.11 Å². The van der Waals surface area contributed by atoms with Crippen LogP contribution in [0.2, 0.25) is 5.15 Å². The molecule has 1 rings (SSSR count). The van der Waals surface area contributed by atoms with E-state index in [0.29, 0.717) is 5.56 Å². The van der Waals surface area contributed by atoms with Gasteiger partial charge in [0.15, 0.2) is 0 Å². The molecule has 0 fully saturated rings. The second kappa shape index (κ2) is 4.34. The van der Waals surface area contributed by atoms with Crippen LogP contribution in [-0.2, 0) is 16.6 Å². The van der Waals surface area contributed by atoms with Crippen LogP contribution in [0.5, 0.6) is 0 Å².